The van der Waals surface area contributed by atoms with Crippen LogP contribution in [0, 0.1) is 0 Å². The van der Waals surface area contributed by atoms with Gasteiger partial charge in [-0.15, -0.1) is 11.3 Å². The van der Waals surface area contributed by atoms with Crippen LogP contribution in [0.1, 0.15) is 69.9 Å². The van der Waals surface area contributed by atoms with E-state index in [1.165, 1.54) is 23.8 Å². The van der Waals surface area contributed by atoms with Crippen molar-refractivity contribution in [2.24, 2.45) is 0 Å². The van der Waals surface area contributed by atoms with E-state index in [1.807, 2.05) is 58.0 Å². The number of hydrogen-bond donors (Lipinski definition) is 3. The molecule has 0 saturated carbocycles. The van der Waals surface area contributed by atoms with Gasteiger partial charge in [0.05, 0.1) is 5.76 Å². The summed E-state index contributed by atoms with van der Waals surface area (Å²) in [5.74, 6) is 0.447. The van der Waals surface area contributed by atoms with Crippen LogP contribution in [-0.4, -0.2) is 11.0 Å². The molecule has 3 rings (SSSR count). The first-order chi connectivity index (χ1) is 14.8. The molecule has 1 heterocycles. The van der Waals surface area contributed by atoms with E-state index in [9.17, 15) is 4.79 Å². The Morgan fingerprint density at radius 1 is 1.19 bits per heavy atom. The normalized spacial score (nSPS) is 12.0. The number of aliphatic hydroxyl groups is 1. The highest BCUT2D eigenvalue weighted by molar-refractivity contribution is 7.16. The van der Waals surface area contributed by atoms with Gasteiger partial charge in [-0.1, -0.05) is 45.9 Å². The first-order valence-electron chi connectivity index (χ1n) is 10.9. The van der Waals surface area contributed by atoms with Gasteiger partial charge >= 0.3 is 0 Å². The molecular weight excluding hydrogens is 428 g/mol. The number of amides is 1. The lowest BCUT2D eigenvalue weighted by Crippen LogP contribution is -2.08. The Balaban J connectivity index is 0.000000457. The predicted octanol–water partition coefficient (Wildman–Crippen LogP) is 8.21. The summed E-state index contributed by atoms with van der Waals surface area (Å²) < 4.78 is 0. The summed E-state index contributed by atoms with van der Waals surface area (Å²) in [6, 6.07) is 7.50. The summed E-state index contributed by atoms with van der Waals surface area (Å²) in [6.07, 6.45) is 6.80. The van der Waals surface area contributed by atoms with E-state index in [1.54, 1.807) is 11.3 Å². The van der Waals surface area contributed by atoms with Crippen molar-refractivity contribution in [3.8, 4) is 0 Å². The molecule has 170 valence electrons. The molecule has 0 aliphatic heterocycles. The quantitative estimate of drug-likeness (QED) is 0.379. The van der Waals surface area contributed by atoms with Crippen molar-refractivity contribution >= 4 is 45.2 Å². The molecule has 0 saturated heterocycles. The maximum atomic E-state index is 11.4. The van der Waals surface area contributed by atoms with Gasteiger partial charge in [0.15, 0.2) is 0 Å². The maximum Gasteiger partial charge on any atom is 0.221 e. The summed E-state index contributed by atoms with van der Waals surface area (Å²) in [7, 11) is 0. The maximum absolute atomic E-state index is 11.4. The second kappa shape index (κ2) is 13.9. The SMILES string of the molecule is C=C(Nc1ccc(Cl)cc1)c1c(NC(C)=O)sc2c1CCC2.CC.CC/C=C(/O)CC. The lowest BCUT2D eigenvalue weighted by Gasteiger charge is -2.13. The van der Waals surface area contributed by atoms with Crippen molar-refractivity contribution < 1.29 is 9.90 Å². The van der Waals surface area contributed by atoms with Gasteiger partial charge in [-0.25, -0.2) is 0 Å². The molecule has 31 heavy (non-hydrogen) atoms. The first kappa shape index (κ1) is 26.8. The molecule has 0 unspecified atom stereocenters. The highest BCUT2D eigenvalue weighted by Crippen LogP contribution is 2.42. The minimum atomic E-state index is -0.0551. The third-order valence-corrected chi connectivity index (χ3v) is 5.91. The third-order valence-electron chi connectivity index (χ3n) is 4.45. The standard InChI is InChI=1S/C17H17ClN2OS.C6H12O.C2H6/c1-10(19-13-8-6-12(18)7-9-13)16-14-4-3-5-15(14)22-17(16)20-11(2)21;1-3-5-6(7)4-2;1-2/h6-9,19H,1,3-5H2,2H3,(H,20,21);5,7H,3-4H2,1-2H3;1-2H3/b;6-5+;. The van der Waals surface area contributed by atoms with Crippen molar-refractivity contribution in [3.63, 3.8) is 0 Å². The fourth-order valence-corrected chi connectivity index (χ4v) is 4.61. The van der Waals surface area contributed by atoms with E-state index in [0.717, 1.165) is 47.6 Å². The van der Waals surface area contributed by atoms with E-state index >= 15 is 0 Å². The van der Waals surface area contributed by atoms with E-state index in [0.29, 0.717) is 10.8 Å². The molecule has 0 atom stereocenters. The molecule has 0 fully saturated rings. The van der Waals surface area contributed by atoms with Crippen molar-refractivity contribution in [3.05, 3.63) is 63.7 Å². The Morgan fingerprint density at radius 3 is 2.35 bits per heavy atom. The van der Waals surface area contributed by atoms with Crippen LogP contribution in [-0.2, 0) is 17.6 Å². The van der Waals surface area contributed by atoms with Crippen LogP contribution in [0.3, 0.4) is 0 Å². The zero-order valence-corrected chi connectivity index (χ0v) is 20.8. The number of anilines is 2. The molecule has 1 aromatic carbocycles. The van der Waals surface area contributed by atoms with Crippen LogP contribution in [0.5, 0.6) is 0 Å². The lowest BCUT2D eigenvalue weighted by atomic mass is 10.1. The molecule has 1 amide bonds. The smallest absolute Gasteiger partial charge is 0.221 e. The molecule has 1 aromatic heterocycles. The summed E-state index contributed by atoms with van der Waals surface area (Å²) >= 11 is 7.58. The molecule has 1 aliphatic carbocycles. The molecule has 2 aromatic rings. The minimum Gasteiger partial charge on any atom is -0.513 e. The van der Waals surface area contributed by atoms with Crippen molar-refractivity contribution in [2.75, 3.05) is 10.6 Å². The van der Waals surface area contributed by atoms with E-state index < -0.39 is 0 Å². The Labute approximate surface area is 196 Å². The zero-order valence-electron chi connectivity index (χ0n) is 19.3. The number of benzene rings is 1. The van der Waals surface area contributed by atoms with Gasteiger partial charge in [0.25, 0.3) is 0 Å². The van der Waals surface area contributed by atoms with Crippen LogP contribution >= 0.6 is 22.9 Å². The zero-order chi connectivity index (χ0) is 23.4. The number of aryl methyl sites for hydroxylation is 1. The average Bonchev–Trinajstić information content (AvgIpc) is 3.32. The molecule has 0 spiro atoms. The van der Waals surface area contributed by atoms with Crippen LogP contribution in [0.25, 0.3) is 5.70 Å². The number of fused-ring (bicyclic) bond motifs is 1. The Hall–Kier alpha value is -2.24. The average molecular weight is 463 g/mol. The van der Waals surface area contributed by atoms with Crippen LogP contribution in [0.2, 0.25) is 5.02 Å². The number of allylic oxidation sites excluding steroid dienone is 2. The Kier molecular flexibility index (Phi) is 12.1. The Morgan fingerprint density at radius 2 is 1.84 bits per heavy atom. The number of thiophene rings is 1. The van der Waals surface area contributed by atoms with Crippen molar-refractivity contribution in [2.45, 2.75) is 66.7 Å². The van der Waals surface area contributed by atoms with Gasteiger partial charge in [0.1, 0.15) is 5.00 Å². The van der Waals surface area contributed by atoms with Gasteiger partial charge in [0.2, 0.25) is 5.91 Å². The molecule has 0 radical (unpaired) electrons. The molecule has 1 aliphatic rings. The molecule has 3 N–H and O–H groups in total. The van der Waals surface area contributed by atoms with Crippen LogP contribution in [0.15, 0.2) is 42.7 Å². The topological polar surface area (TPSA) is 61.4 Å². The summed E-state index contributed by atoms with van der Waals surface area (Å²) in [5, 5.41) is 16.6. The summed E-state index contributed by atoms with van der Waals surface area (Å²) in [4.78, 5) is 12.8. The highest BCUT2D eigenvalue weighted by Gasteiger charge is 2.24. The highest BCUT2D eigenvalue weighted by atomic mass is 35.5. The monoisotopic (exact) mass is 462 g/mol. The second-order valence-corrected chi connectivity index (χ2v) is 8.35. The van der Waals surface area contributed by atoms with Crippen LogP contribution < -0.4 is 10.6 Å². The third kappa shape index (κ3) is 8.42. The second-order valence-electron chi connectivity index (χ2n) is 6.81. The fourth-order valence-electron chi connectivity index (χ4n) is 3.12. The number of nitrogens with one attached hydrogen (secondary N) is 2. The van der Waals surface area contributed by atoms with Gasteiger partial charge < -0.3 is 15.7 Å². The molecule has 0 bridgehead atoms. The van der Waals surface area contributed by atoms with Gasteiger partial charge in [-0.3, -0.25) is 4.79 Å². The minimum absolute atomic E-state index is 0.0551. The lowest BCUT2D eigenvalue weighted by molar-refractivity contribution is -0.114. The number of rotatable bonds is 6. The van der Waals surface area contributed by atoms with Gasteiger partial charge in [0, 0.05) is 40.2 Å². The number of aliphatic hydroxyl groups excluding tert-OH is 1. The number of hydrogen-bond acceptors (Lipinski definition) is 4. The summed E-state index contributed by atoms with van der Waals surface area (Å²) in [6.45, 7) is 13.6. The molecule has 6 heteroatoms. The van der Waals surface area contributed by atoms with Gasteiger partial charge in [-0.05, 0) is 61.6 Å². The van der Waals surface area contributed by atoms with Crippen molar-refractivity contribution in [1.29, 1.82) is 0 Å². The number of carbonyl (C=O) groups excluding carboxylic acids is 1. The molecular formula is C25H35ClN2O2S. The summed E-state index contributed by atoms with van der Waals surface area (Å²) in [5.41, 5.74) is 4.11. The van der Waals surface area contributed by atoms with E-state index in [4.69, 9.17) is 16.7 Å². The first-order valence-corrected chi connectivity index (χ1v) is 12.1. The largest absolute Gasteiger partial charge is 0.513 e. The van der Waals surface area contributed by atoms with Gasteiger partial charge in [-0.2, -0.15) is 0 Å². The number of halogens is 1. The van der Waals surface area contributed by atoms with Crippen molar-refractivity contribution in [1.82, 2.24) is 0 Å². The molecule has 4 nitrogen and oxygen atoms in total. The fraction of sp³-hybridized carbons (Fsp3) is 0.400. The van der Waals surface area contributed by atoms with E-state index in [2.05, 4.69) is 17.2 Å². The Bertz CT molecular complexity index is 886. The number of carbonyl (C=O) groups is 1. The van der Waals surface area contributed by atoms with E-state index in [-0.39, 0.29) is 5.91 Å². The van der Waals surface area contributed by atoms with Crippen LogP contribution in [0.4, 0.5) is 10.7 Å². The predicted molar refractivity (Wildman–Crippen MR) is 137 cm³/mol.